The lowest BCUT2D eigenvalue weighted by atomic mass is 9.86. The monoisotopic (exact) mass is 305 g/mol. The molecule has 3 heteroatoms. The molecule has 0 amide bonds. The Bertz CT molecular complexity index is 433. The lowest BCUT2D eigenvalue weighted by Crippen LogP contribution is -2.36. The van der Waals surface area contributed by atoms with Gasteiger partial charge in [0.1, 0.15) is 5.75 Å². The fourth-order valence-electron chi connectivity index (χ4n) is 2.83. The third-order valence-corrected chi connectivity index (χ3v) is 4.18. The molecule has 0 unspecified atom stereocenters. The first-order valence-corrected chi connectivity index (χ1v) is 8.60. The van der Waals surface area contributed by atoms with Crippen LogP contribution >= 0.6 is 0 Å². The summed E-state index contributed by atoms with van der Waals surface area (Å²) in [4.78, 5) is 2.50. The lowest BCUT2D eigenvalue weighted by Gasteiger charge is -2.26. The minimum Gasteiger partial charge on any atom is -0.493 e. The zero-order valence-electron chi connectivity index (χ0n) is 14.4. The molecule has 0 spiro atoms. The van der Waals surface area contributed by atoms with Crippen molar-refractivity contribution in [2.24, 2.45) is 0 Å². The molecule has 1 aliphatic rings. The molecule has 2 rings (SSSR count). The highest BCUT2D eigenvalue weighted by Crippen LogP contribution is 2.30. The molecule has 0 aliphatic carbocycles. The van der Waals surface area contributed by atoms with Gasteiger partial charge in [0.25, 0.3) is 0 Å². The number of morpholine rings is 1. The predicted molar refractivity (Wildman–Crippen MR) is 91.7 cm³/mol. The average Bonchev–Trinajstić information content (AvgIpc) is 2.51. The quantitative estimate of drug-likeness (QED) is 0.714. The van der Waals surface area contributed by atoms with Gasteiger partial charge in [-0.1, -0.05) is 39.0 Å². The Labute approximate surface area is 135 Å². The third kappa shape index (κ3) is 5.62. The zero-order chi connectivity index (χ0) is 15.8. The average molecular weight is 305 g/mol. The fourth-order valence-corrected chi connectivity index (χ4v) is 2.83. The maximum Gasteiger partial charge on any atom is 0.123 e. The summed E-state index contributed by atoms with van der Waals surface area (Å²) in [5.74, 6) is 1.04. The molecule has 0 atom stereocenters. The highest BCUT2D eigenvalue weighted by molar-refractivity contribution is 5.38. The molecule has 0 radical (unpaired) electrons. The normalized spacial score (nSPS) is 16.7. The van der Waals surface area contributed by atoms with Crippen LogP contribution in [0, 0.1) is 0 Å². The van der Waals surface area contributed by atoms with Gasteiger partial charge < -0.3 is 9.47 Å². The summed E-state index contributed by atoms with van der Waals surface area (Å²) >= 11 is 0. The van der Waals surface area contributed by atoms with Gasteiger partial charge in [0, 0.05) is 13.1 Å². The van der Waals surface area contributed by atoms with Crippen LogP contribution in [-0.4, -0.2) is 44.4 Å². The highest BCUT2D eigenvalue weighted by atomic mass is 16.5. The van der Waals surface area contributed by atoms with Gasteiger partial charge in [0.2, 0.25) is 0 Å². The number of para-hydroxylation sites is 1. The summed E-state index contributed by atoms with van der Waals surface area (Å²) < 4.78 is 11.4. The van der Waals surface area contributed by atoms with Crippen LogP contribution in [0.5, 0.6) is 5.75 Å². The number of hydrogen-bond acceptors (Lipinski definition) is 3. The first-order valence-electron chi connectivity index (χ1n) is 8.60. The number of ether oxygens (including phenoxy) is 2. The molecule has 0 aromatic heterocycles. The number of hydrogen-bond donors (Lipinski definition) is 0. The fraction of sp³-hybridized carbons (Fsp3) is 0.684. The van der Waals surface area contributed by atoms with Gasteiger partial charge in [-0.15, -0.1) is 0 Å². The van der Waals surface area contributed by atoms with Crippen LogP contribution in [0.1, 0.15) is 45.6 Å². The molecular weight excluding hydrogens is 274 g/mol. The Hall–Kier alpha value is -1.06. The van der Waals surface area contributed by atoms with Gasteiger partial charge in [-0.3, -0.25) is 4.90 Å². The predicted octanol–water partition coefficient (Wildman–Crippen LogP) is 3.87. The smallest absolute Gasteiger partial charge is 0.123 e. The zero-order valence-corrected chi connectivity index (χ0v) is 14.4. The summed E-state index contributed by atoms with van der Waals surface area (Å²) in [7, 11) is 0. The van der Waals surface area contributed by atoms with E-state index in [4.69, 9.17) is 9.47 Å². The van der Waals surface area contributed by atoms with E-state index in [9.17, 15) is 0 Å². The van der Waals surface area contributed by atoms with Crippen molar-refractivity contribution in [3.05, 3.63) is 29.8 Å². The highest BCUT2D eigenvalue weighted by Gasteiger charge is 2.18. The first-order chi connectivity index (χ1) is 10.6. The van der Waals surface area contributed by atoms with E-state index in [1.165, 1.54) is 24.9 Å². The molecule has 22 heavy (non-hydrogen) atoms. The van der Waals surface area contributed by atoms with Crippen LogP contribution < -0.4 is 4.74 Å². The Morgan fingerprint density at radius 1 is 1.05 bits per heavy atom. The van der Waals surface area contributed by atoms with Crippen molar-refractivity contribution < 1.29 is 9.47 Å². The summed E-state index contributed by atoms with van der Waals surface area (Å²) in [6, 6.07) is 8.42. The number of nitrogens with zero attached hydrogens (tertiary/aromatic N) is 1. The van der Waals surface area contributed by atoms with E-state index in [0.29, 0.717) is 0 Å². The molecule has 1 aliphatic heterocycles. The number of unbranched alkanes of at least 4 members (excludes halogenated alkanes) is 2. The van der Waals surface area contributed by atoms with E-state index in [-0.39, 0.29) is 5.41 Å². The SMILES string of the molecule is CC(C)(C)c1ccccc1OCCCCCN1CCOCC1. The largest absolute Gasteiger partial charge is 0.493 e. The van der Waals surface area contributed by atoms with Crippen molar-refractivity contribution >= 4 is 0 Å². The van der Waals surface area contributed by atoms with Crippen LogP contribution in [0.3, 0.4) is 0 Å². The second kappa shape index (κ2) is 8.54. The Morgan fingerprint density at radius 3 is 2.50 bits per heavy atom. The van der Waals surface area contributed by atoms with E-state index in [0.717, 1.165) is 45.1 Å². The molecule has 1 saturated heterocycles. The Balaban J connectivity index is 1.64. The van der Waals surface area contributed by atoms with Gasteiger partial charge in [0.05, 0.1) is 19.8 Å². The van der Waals surface area contributed by atoms with E-state index < -0.39 is 0 Å². The van der Waals surface area contributed by atoms with Crippen LogP contribution in [0.4, 0.5) is 0 Å². The second-order valence-corrected chi connectivity index (χ2v) is 7.11. The van der Waals surface area contributed by atoms with Crippen LogP contribution in [0.2, 0.25) is 0 Å². The van der Waals surface area contributed by atoms with E-state index in [1.54, 1.807) is 0 Å². The number of benzene rings is 1. The van der Waals surface area contributed by atoms with Crippen molar-refractivity contribution in [3.8, 4) is 5.75 Å². The minimum atomic E-state index is 0.132. The molecule has 1 heterocycles. The van der Waals surface area contributed by atoms with E-state index in [1.807, 2.05) is 0 Å². The second-order valence-electron chi connectivity index (χ2n) is 7.11. The maximum atomic E-state index is 6.02. The molecule has 0 bridgehead atoms. The molecule has 124 valence electrons. The van der Waals surface area contributed by atoms with Gasteiger partial charge >= 0.3 is 0 Å². The van der Waals surface area contributed by atoms with Crippen LogP contribution in [-0.2, 0) is 10.2 Å². The Morgan fingerprint density at radius 2 is 1.77 bits per heavy atom. The molecular formula is C19H31NO2. The van der Waals surface area contributed by atoms with Crippen molar-refractivity contribution in [2.45, 2.75) is 45.4 Å². The van der Waals surface area contributed by atoms with E-state index >= 15 is 0 Å². The van der Waals surface area contributed by atoms with Crippen molar-refractivity contribution in [1.29, 1.82) is 0 Å². The van der Waals surface area contributed by atoms with Crippen molar-refractivity contribution in [2.75, 3.05) is 39.5 Å². The molecule has 0 N–H and O–H groups in total. The third-order valence-electron chi connectivity index (χ3n) is 4.18. The maximum absolute atomic E-state index is 6.02. The Kier molecular flexibility index (Phi) is 6.71. The van der Waals surface area contributed by atoms with Gasteiger partial charge in [0.15, 0.2) is 0 Å². The summed E-state index contributed by atoms with van der Waals surface area (Å²) in [6.07, 6.45) is 3.61. The lowest BCUT2D eigenvalue weighted by molar-refractivity contribution is 0.0370. The van der Waals surface area contributed by atoms with Crippen LogP contribution in [0.25, 0.3) is 0 Å². The molecule has 3 nitrogen and oxygen atoms in total. The standard InChI is InChI=1S/C19H31NO2/c1-19(2,3)17-9-5-6-10-18(17)22-14-8-4-7-11-20-12-15-21-16-13-20/h5-6,9-10H,4,7-8,11-16H2,1-3H3. The van der Waals surface area contributed by atoms with Crippen molar-refractivity contribution in [3.63, 3.8) is 0 Å². The summed E-state index contributed by atoms with van der Waals surface area (Å²) in [5.41, 5.74) is 1.43. The van der Waals surface area contributed by atoms with Crippen LogP contribution in [0.15, 0.2) is 24.3 Å². The number of rotatable bonds is 7. The van der Waals surface area contributed by atoms with Crippen molar-refractivity contribution in [1.82, 2.24) is 4.90 Å². The van der Waals surface area contributed by atoms with Gasteiger partial charge in [-0.25, -0.2) is 0 Å². The molecule has 1 aromatic carbocycles. The minimum absolute atomic E-state index is 0.132. The first kappa shape index (κ1) is 17.3. The van der Waals surface area contributed by atoms with Gasteiger partial charge in [-0.2, -0.15) is 0 Å². The van der Waals surface area contributed by atoms with E-state index in [2.05, 4.69) is 49.9 Å². The summed E-state index contributed by atoms with van der Waals surface area (Å²) in [6.45, 7) is 12.7. The molecule has 0 saturated carbocycles. The topological polar surface area (TPSA) is 21.7 Å². The summed E-state index contributed by atoms with van der Waals surface area (Å²) in [5, 5.41) is 0. The molecule has 1 aromatic rings. The van der Waals surface area contributed by atoms with Gasteiger partial charge in [-0.05, 0) is 42.9 Å². The molecule has 1 fully saturated rings.